The summed E-state index contributed by atoms with van der Waals surface area (Å²) >= 11 is 4.84. The van der Waals surface area contributed by atoms with Gasteiger partial charge in [-0.25, -0.2) is 4.98 Å². The Bertz CT molecular complexity index is 1090. The van der Waals surface area contributed by atoms with E-state index in [1.54, 1.807) is 0 Å². The molecule has 0 saturated heterocycles. The van der Waals surface area contributed by atoms with E-state index in [1.165, 1.54) is 11.8 Å². The van der Waals surface area contributed by atoms with Crippen LogP contribution in [0.5, 0.6) is 0 Å². The number of carbonyl (C=O) groups excluding carboxylic acids is 1. The molecule has 0 aliphatic rings. The number of benzene rings is 3. The number of aromatic amines is 1. The van der Waals surface area contributed by atoms with E-state index >= 15 is 0 Å². The van der Waals surface area contributed by atoms with Gasteiger partial charge in [-0.1, -0.05) is 82.3 Å². The Morgan fingerprint density at radius 3 is 2.62 bits per heavy atom. The molecule has 1 N–H and O–H groups in total. The van der Waals surface area contributed by atoms with E-state index < -0.39 is 0 Å². The van der Waals surface area contributed by atoms with Gasteiger partial charge in [0.1, 0.15) is 0 Å². The van der Waals surface area contributed by atoms with Crippen molar-refractivity contribution in [2.45, 2.75) is 5.16 Å². The Morgan fingerprint density at radius 1 is 1.00 bits per heavy atom. The van der Waals surface area contributed by atoms with Crippen LogP contribution in [0.2, 0.25) is 0 Å². The molecule has 4 rings (SSSR count). The lowest BCUT2D eigenvalue weighted by Gasteiger charge is -2.02. The zero-order chi connectivity index (χ0) is 17.9. The highest BCUT2D eigenvalue weighted by atomic mass is 79.9. The number of halogens is 1. The predicted molar refractivity (Wildman–Crippen MR) is 109 cm³/mol. The average Bonchev–Trinajstić information content (AvgIpc) is 3.15. The summed E-state index contributed by atoms with van der Waals surface area (Å²) < 4.78 is 0.944. The molecule has 0 spiro atoms. The molecule has 1 aromatic heterocycles. The summed E-state index contributed by atoms with van der Waals surface area (Å²) in [6.07, 6.45) is 0. The summed E-state index contributed by atoms with van der Waals surface area (Å²) in [7, 11) is 0. The van der Waals surface area contributed by atoms with Gasteiger partial charge >= 0.3 is 0 Å². The smallest absolute Gasteiger partial charge is 0.209 e. The third-order valence-electron chi connectivity index (χ3n) is 4.00. The molecule has 4 aromatic rings. The van der Waals surface area contributed by atoms with Crippen LogP contribution >= 0.6 is 27.7 Å². The second-order valence-corrected chi connectivity index (χ2v) is 7.52. The summed E-state index contributed by atoms with van der Waals surface area (Å²) in [6, 6.07) is 21.6. The van der Waals surface area contributed by atoms with Crippen LogP contribution in [0.4, 0.5) is 0 Å². The molecule has 0 bridgehead atoms. The largest absolute Gasteiger partial charge is 0.293 e. The Morgan fingerprint density at radius 2 is 1.77 bits per heavy atom. The number of thioether (sulfide) groups is 1. The molecule has 4 nitrogen and oxygen atoms in total. The van der Waals surface area contributed by atoms with Gasteiger partial charge in [0, 0.05) is 15.6 Å². The summed E-state index contributed by atoms with van der Waals surface area (Å²) in [5.74, 6) is 1.04. The van der Waals surface area contributed by atoms with Crippen LogP contribution in [0, 0.1) is 0 Å². The first kappa shape index (κ1) is 17.0. The number of hydrogen-bond donors (Lipinski definition) is 1. The topological polar surface area (TPSA) is 58.6 Å². The minimum absolute atomic E-state index is 0.0630. The van der Waals surface area contributed by atoms with Crippen molar-refractivity contribution in [3.05, 3.63) is 76.8 Å². The molecule has 0 amide bonds. The van der Waals surface area contributed by atoms with E-state index in [0.29, 0.717) is 22.3 Å². The van der Waals surface area contributed by atoms with Crippen molar-refractivity contribution in [2.75, 3.05) is 5.75 Å². The first-order valence-electron chi connectivity index (χ1n) is 8.03. The summed E-state index contributed by atoms with van der Waals surface area (Å²) in [5.41, 5.74) is 1.64. The number of aromatic nitrogens is 3. The Labute approximate surface area is 163 Å². The molecule has 0 aliphatic carbocycles. The van der Waals surface area contributed by atoms with Gasteiger partial charge in [-0.2, -0.15) is 0 Å². The van der Waals surface area contributed by atoms with Gasteiger partial charge in [0.2, 0.25) is 5.16 Å². The molecule has 0 saturated carbocycles. The highest BCUT2D eigenvalue weighted by Gasteiger charge is 2.12. The molecule has 0 radical (unpaired) electrons. The van der Waals surface area contributed by atoms with Crippen molar-refractivity contribution in [1.29, 1.82) is 0 Å². The zero-order valence-corrected chi connectivity index (χ0v) is 16.0. The minimum atomic E-state index is 0.0630. The predicted octanol–water partition coefficient (Wildman–Crippen LogP) is 5.36. The van der Waals surface area contributed by atoms with Gasteiger partial charge in [-0.05, 0) is 22.9 Å². The second-order valence-electron chi connectivity index (χ2n) is 5.72. The standard InChI is InChI=1S/C20H14BrN3OS/c21-17-8-4-3-7-16(17)19-22-20(24-23-19)26-12-18(25)15-10-9-13-5-1-2-6-14(13)11-15/h1-11H,12H2,(H,22,23,24). The quantitative estimate of drug-likeness (QED) is 0.346. The van der Waals surface area contributed by atoms with Crippen molar-refractivity contribution in [3.8, 4) is 11.4 Å². The maximum atomic E-state index is 12.5. The number of nitrogens with zero attached hydrogens (tertiary/aromatic N) is 2. The molecule has 26 heavy (non-hydrogen) atoms. The first-order chi connectivity index (χ1) is 12.7. The monoisotopic (exact) mass is 423 g/mol. The van der Waals surface area contributed by atoms with Crippen molar-refractivity contribution >= 4 is 44.2 Å². The third kappa shape index (κ3) is 3.57. The molecule has 6 heteroatoms. The van der Waals surface area contributed by atoms with Crippen LogP contribution in [-0.2, 0) is 0 Å². The fourth-order valence-electron chi connectivity index (χ4n) is 2.66. The number of H-pyrrole nitrogens is 1. The van der Waals surface area contributed by atoms with Gasteiger partial charge in [0.05, 0.1) is 5.75 Å². The maximum Gasteiger partial charge on any atom is 0.209 e. The molecular formula is C20H14BrN3OS. The van der Waals surface area contributed by atoms with Crippen molar-refractivity contribution in [2.24, 2.45) is 0 Å². The van der Waals surface area contributed by atoms with Gasteiger partial charge in [-0.15, -0.1) is 5.10 Å². The summed E-state index contributed by atoms with van der Waals surface area (Å²) in [6.45, 7) is 0. The lowest BCUT2D eigenvalue weighted by atomic mass is 10.1. The van der Waals surface area contributed by atoms with Crippen molar-refractivity contribution < 1.29 is 4.79 Å². The fourth-order valence-corrected chi connectivity index (χ4v) is 3.83. The van der Waals surface area contributed by atoms with Crippen LogP contribution in [-0.4, -0.2) is 26.7 Å². The van der Waals surface area contributed by atoms with E-state index in [1.807, 2.05) is 66.7 Å². The molecule has 3 aromatic carbocycles. The van der Waals surface area contributed by atoms with Gasteiger partial charge in [-0.3, -0.25) is 9.89 Å². The van der Waals surface area contributed by atoms with Crippen LogP contribution in [0.3, 0.4) is 0 Å². The summed E-state index contributed by atoms with van der Waals surface area (Å²) in [4.78, 5) is 17.0. The van der Waals surface area contributed by atoms with Crippen molar-refractivity contribution in [1.82, 2.24) is 15.2 Å². The lowest BCUT2D eigenvalue weighted by Crippen LogP contribution is -2.02. The zero-order valence-electron chi connectivity index (χ0n) is 13.6. The molecule has 0 atom stereocenters. The second kappa shape index (κ2) is 7.43. The Balaban J connectivity index is 1.47. The number of ketones is 1. The van der Waals surface area contributed by atoms with E-state index in [9.17, 15) is 4.79 Å². The number of Topliss-reactive ketones (excluding diaryl/α,β-unsaturated/α-hetero) is 1. The van der Waals surface area contributed by atoms with Gasteiger partial charge in [0.25, 0.3) is 0 Å². The van der Waals surface area contributed by atoms with Crippen LogP contribution in [0.15, 0.2) is 76.4 Å². The number of nitrogens with one attached hydrogen (secondary N) is 1. The highest BCUT2D eigenvalue weighted by Crippen LogP contribution is 2.26. The molecular weight excluding hydrogens is 410 g/mol. The van der Waals surface area contributed by atoms with Crippen molar-refractivity contribution in [3.63, 3.8) is 0 Å². The molecule has 0 aliphatic heterocycles. The maximum absolute atomic E-state index is 12.5. The SMILES string of the molecule is O=C(CSc1n[nH]c(-c2ccccc2Br)n1)c1ccc2ccccc2c1. The number of fused-ring (bicyclic) bond motifs is 1. The van der Waals surface area contributed by atoms with E-state index in [4.69, 9.17) is 0 Å². The molecule has 0 fully saturated rings. The minimum Gasteiger partial charge on any atom is -0.293 e. The van der Waals surface area contributed by atoms with Crippen LogP contribution in [0.25, 0.3) is 22.2 Å². The van der Waals surface area contributed by atoms with E-state index in [0.717, 1.165) is 20.8 Å². The molecule has 0 unspecified atom stereocenters. The normalized spacial score (nSPS) is 11.0. The van der Waals surface area contributed by atoms with Crippen LogP contribution in [0.1, 0.15) is 10.4 Å². The average molecular weight is 424 g/mol. The van der Waals surface area contributed by atoms with Gasteiger partial charge in [0.15, 0.2) is 11.6 Å². The first-order valence-corrected chi connectivity index (χ1v) is 9.81. The van der Waals surface area contributed by atoms with Crippen LogP contribution < -0.4 is 0 Å². The Hall–Kier alpha value is -2.44. The number of hydrogen-bond acceptors (Lipinski definition) is 4. The van der Waals surface area contributed by atoms with Gasteiger partial charge < -0.3 is 0 Å². The molecule has 1 heterocycles. The van der Waals surface area contributed by atoms with E-state index in [-0.39, 0.29) is 5.78 Å². The number of carbonyl (C=O) groups is 1. The lowest BCUT2D eigenvalue weighted by molar-refractivity contribution is 0.102. The van der Waals surface area contributed by atoms with E-state index in [2.05, 4.69) is 31.1 Å². The fraction of sp³-hybridized carbons (Fsp3) is 0.0500. The summed E-state index contributed by atoms with van der Waals surface area (Å²) in [5, 5.41) is 9.89. The third-order valence-corrected chi connectivity index (χ3v) is 5.54. The molecule has 128 valence electrons. The number of rotatable bonds is 5. The Kier molecular flexibility index (Phi) is 4.86. The highest BCUT2D eigenvalue weighted by molar-refractivity contribution is 9.10.